The summed E-state index contributed by atoms with van der Waals surface area (Å²) in [6, 6.07) is 19.0. The third-order valence-corrected chi connectivity index (χ3v) is 6.40. The molecule has 170 valence electrons. The van der Waals surface area contributed by atoms with E-state index in [0.29, 0.717) is 16.1 Å². The van der Waals surface area contributed by atoms with E-state index < -0.39 is 17.7 Å². The van der Waals surface area contributed by atoms with Gasteiger partial charge in [-0.2, -0.15) is 0 Å². The van der Waals surface area contributed by atoms with Crippen molar-refractivity contribution in [3.63, 3.8) is 0 Å². The summed E-state index contributed by atoms with van der Waals surface area (Å²) in [4.78, 5) is 27.9. The maximum atomic E-state index is 13.5. The quantitative estimate of drug-likeness (QED) is 0.238. The van der Waals surface area contributed by atoms with E-state index >= 15 is 0 Å². The van der Waals surface area contributed by atoms with Gasteiger partial charge in [0.25, 0.3) is 11.7 Å². The largest absolute Gasteiger partial charge is 0.507 e. The van der Waals surface area contributed by atoms with E-state index in [1.807, 2.05) is 42.1 Å². The number of aliphatic hydroxyl groups is 1. The van der Waals surface area contributed by atoms with Crippen molar-refractivity contribution < 1.29 is 19.1 Å². The van der Waals surface area contributed by atoms with Gasteiger partial charge in [-0.05, 0) is 48.0 Å². The molecule has 0 saturated carbocycles. The number of aliphatic hydroxyl groups excluding tert-OH is 1. The Morgan fingerprint density at radius 2 is 1.68 bits per heavy atom. The van der Waals surface area contributed by atoms with Crippen LogP contribution >= 0.6 is 11.6 Å². The molecule has 1 aliphatic rings. The molecule has 0 bridgehead atoms. The van der Waals surface area contributed by atoms with Gasteiger partial charge in [0.1, 0.15) is 11.6 Å². The first kappa shape index (κ1) is 21.9. The van der Waals surface area contributed by atoms with Crippen LogP contribution < -0.4 is 0 Å². The fourth-order valence-corrected chi connectivity index (χ4v) is 4.63. The van der Waals surface area contributed by atoms with Crippen LogP contribution in [0.2, 0.25) is 5.02 Å². The summed E-state index contributed by atoms with van der Waals surface area (Å²) in [5, 5.41) is 12.6. The summed E-state index contributed by atoms with van der Waals surface area (Å²) >= 11 is 5.99. The number of amides is 1. The number of rotatable bonds is 4. The molecule has 2 heterocycles. The summed E-state index contributed by atoms with van der Waals surface area (Å²) in [6.45, 7) is 0.0795. The van der Waals surface area contributed by atoms with Crippen molar-refractivity contribution in [1.29, 1.82) is 0 Å². The summed E-state index contributed by atoms with van der Waals surface area (Å²) in [7, 11) is 1.89. The van der Waals surface area contributed by atoms with Crippen LogP contribution in [0.4, 0.5) is 4.39 Å². The number of halogens is 2. The number of carbonyl (C=O) groups is 2. The zero-order chi connectivity index (χ0) is 24.0. The maximum Gasteiger partial charge on any atom is 0.295 e. The Bertz CT molecular complexity index is 1460. The minimum absolute atomic E-state index is 0.00536. The van der Waals surface area contributed by atoms with Gasteiger partial charge in [0.2, 0.25) is 0 Å². The Balaban J connectivity index is 1.72. The third kappa shape index (κ3) is 3.66. The lowest BCUT2D eigenvalue weighted by molar-refractivity contribution is -0.140. The molecule has 1 N–H and O–H groups in total. The van der Waals surface area contributed by atoms with Crippen LogP contribution in [-0.4, -0.2) is 26.3 Å². The van der Waals surface area contributed by atoms with Gasteiger partial charge in [-0.1, -0.05) is 41.9 Å². The van der Waals surface area contributed by atoms with Crippen molar-refractivity contribution in [3.05, 3.63) is 112 Å². The standard InChI is InChI=1S/C27H20ClFN2O3/c1-30-15-21(20-4-2-3-5-22(20)30)24-23(25(32)17-8-10-18(28)11-9-17)26(33)27(34)31(24)14-16-6-12-19(29)13-7-16/h2-13,15,24,32H,14H2,1H3/b25-23+. The highest BCUT2D eigenvalue weighted by atomic mass is 35.5. The van der Waals surface area contributed by atoms with Gasteiger partial charge in [-0.25, -0.2) is 4.39 Å². The normalized spacial score (nSPS) is 17.6. The summed E-state index contributed by atoms with van der Waals surface area (Å²) in [5.74, 6) is -2.15. The second kappa shape index (κ2) is 8.47. The zero-order valence-corrected chi connectivity index (χ0v) is 19.0. The van der Waals surface area contributed by atoms with Gasteiger partial charge in [-0.3, -0.25) is 9.59 Å². The molecule has 3 aromatic carbocycles. The lowest BCUT2D eigenvalue weighted by Crippen LogP contribution is -2.29. The number of hydrogen-bond acceptors (Lipinski definition) is 3. The molecule has 5 nitrogen and oxygen atoms in total. The van der Waals surface area contributed by atoms with Gasteiger partial charge in [0.05, 0.1) is 11.6 Å². The Labute approximate surface area is 200 Å². The van der Waals surface area contributed by atoms with Crippen LogP contribution in [0.3, 0.4) is 0 Å². The highest BCUT2D eigenvalue weighted by Crippen LogP contribution is 2.43. The molecule has 34 heavy (non-hydrogen) atoms. The van der Waals surface area contributed by atoms with Crippen LogP contribution in [0.5, 0.6) is 0 Å². The molecular formula is C27H20ClFN2O3. The van der Waals surface area contributed by atoms with Crippen molar-refractivity contribution in [2.75, 3.05) is 0 Å². The van der Waals surface area contributed by atoms with Crippen LogP contribution in [0, 0.1) is 5.82 Å². The molecule has 0 aliphatic carbocycles. The van der Waals surface area contributed by atoms with E-state index in [1.165, 1.54) is 17.0 Å². The van der Waals surface area contributed by atoms with Crippen LogP contribution in [0.25, 0.3) is 16.7 Å². The van der Waals surface area contributed by atoms with E-state index in [9.17, 15) is 19.1 Å². The fourth-order valence-electron chi connectivity index (χ4n) is 4.51. The number of benzene rings is 3. The minimum atomic E-state index is -0.827. The molecule has 1 atom stereocenters. The number of hydrogen-bond donors (Lipinski definition) is 1. The number of Topliss-reactive ketones (excluding diaryl/α,β-unsaturated/α-hetero) is 1. The average Bonchev–Trinajstić information content (AvgIpc) is 3.29. The predicted molar refractivity (Wildman–Crippen MR) is 129 cm³/mol. The smallest absolute Gasteiger partial charge is 0.295 e. The van der Waals surface area contributed by atoms with E-state index in [-0.39, 0.29) is 23.7 Å². The lowest BCUT2D eigenvalue weighted by atomic mass is 9.95. The second-order valence-electron chi connectivity index (χ2n) is 8.27. The number of aromatic nitrogens is 1. The number of likely N-dealkylation sites (tertiary alicyclic amines) is 1. The van der Waals surface area contributed by atoms with Crippen molar-refractivity contribution in [2.45, 2.75) is 12.6 Å². The Hall–Kier alpha value is -3.90. The van der Waals surface area contributed by atoms with Crippen molar-refractivity contribution >= 4 is 40.0 Å². The van der Waals surface area contributed by atoms with E-state index in [4.69, 9.17) is 11.6 Å². The number of carbonyl (C=O) groups excluding carboxylic acids is 2. The molecular weight excluding hydrogens is 455 g/mol. The van der Waals surface area contributed by atoms with Gasteiger partial charge < -0.3 is 14.6 Å². The number of nitrogens with zero attached hydrogens (tertiary/aromatic N) is 2. The monoisotopic (exact) mass is 474 g/mol. The SMILES string of the molecule is Cn1cc(C2/C(=C(\O)c3ccc(Cl)cc3)C(=O)C(=O)N2Cc2ccc(F)cc2)c2ccccc21. The van der Waals surface area contributed by atoms with E-state index in [1.54, 1.807) is 36.4 Å². The third-order valence-electron chi connectivity index (χ3n) is 6.15. The summed E-state index contributed by atoms with van der Waals surface area (Å²) < 4.78 is 15.4. The number of ketones is 1. The lowest BCUT2D eigenvalue weighted by Gasteiger charge is -2.25. The fraction of sp³-hybridized carbons (Fsp3) is 0.111. The topological polar surface area (TPSA) is 62.5 Å². The highest BCUT2D eigenvalue weighted by Gasteiger charge is 2.47. The zero-order valence-electron chi connectivity index (χ0n) is 18.2. The molecule has 1 saturated heterocycles. The first-order chi connectivity index (χ1) is 16.3. The Kier molecular flexibility index (Phi) is 5.46. The Morgan fingerprint density at radius 1 is 1.00 bits per heavy atom. The van der Waals surface area contributed by atoms with Gasteiger partial charge in [0, 0.05) is 46.8 Å². The molecule has 1 aromatic heterocycles. The second-order valence-corrected chi connectivity index (χ2v) is 8.71. The molecule has 4 aromatic rings. The number of fused-ring (bicyclic) bond motifs is 1. The van der Waals surface area contributed by atoms with E-state index in [0.717, 1.165) is 16.5 Å². The first-order valence-electron chi connectivity index (χ1n) is 10.7. The van der Waals surface area contributed by atoms with Gasteiger partial charge in [-0.15, -0.1) is 0 Å². The van der Waals surface area contributed by atoms with Crippen molar-refractivity contribution in [2.24, 2.45) is 7.05 Å². The molecule has 0 radical (unpaired) electrons. The van der Waals surface area contributed by atoms with Crippen molar-refractivity contribution in [3.8, 4) is 0 Å². The Morgan fingerprint density at radius 3 is 2.38 bits per heavy atom. The van der Waals surface area contributed by atoms with Crippen molar-refractivity contribution in [1.82, 2.24) is 9.47 Å². The molecule has 1 fully saturated rings. The predicted octanol–water partition coefficient (Wildman–Crippen LogP) is 5.59. The molecule has 0 spiro atoms. The molecule has 5 rings (SSSR count). The van der Waals surface area contributed by atoms with Gasteiger partial charge in [0.15, 0.2) is 0 Å². The number of aryl methyl sites for hydroxylation is 1. The van der Waals surface area contributed by atoms with Gasteiger partial charge >= 0.3 is 0 Å². The molecule has 1 unspecified atom stereocenters. The number of para-hydroxylation sites is 1. The molecule has 1 aliphatic heterocycles. The highest BCUT2D eigenvalue weighted by molar-refractivity contribution is 6.46. The summed E-state index contributed by atoms with van der Waals surface area (Å²) in [5.41, 5.74) is 2.70. The maximum absolute atomic E-state index is 13.5. The van der Waals surface area contributed by atoms with Crippen LogP contribution in [-0.2, 0) is 23.2 Å². The first-order valence-corrected chi connectivity index (χ1v) is 11.1. The van der Waals surface area contributed by atoms with Crippen LogP contribution in [0.1, 0.15) is 22.7 Å². The van der Waals surface area contributed by atoms with Crippen LogP contribution in [0.15, 0.2) is 84.6 Å². The minimum Gasteiger partial charge on any atom is -0.507 e. The van der Waals surface area contributed by atoms with E-state index in [2.05, 4.69) is 0 Å². The molecule has 7 heteroatoms. The summed E-state index contributed by atoms with van der Waals surface area (Å²) in [6.07, 6.45) is 1.87. The molecule has 1 amide bonds. The average molecular weight is 475 g/mol.